The smallest absolute Gasteiger partial charge is 0.164 e. The lowest BCUT2D eigenvalue weighted by molar-refractivity contribution is -0.168. The summed E-state index contributed by atoms with van der Waals surface area (Å²) in [5.74, 6) is 0.340. The van der Waals surface area contributed by atoms with Crippen molar-refractivity contribution >= 4 is 5.78 Å². The van der Waals surface area contributed by atoms with E-state index in [1.54, 1.807) is 0 Å². The molecule has 1 saturated carbocycles. The van der Waals surface area contributed by atoms with Crippen molar-refractivity contribution in [3.05, 3.63) is 0 Å². The zero-order valence-corrected chi connectivity index (χ0v) is 6.06. The maximum atomic E-state index is 11.1. The van der Waals surface area contributed by atoms with Gasteiger partial charge in [0, 0.05) is 13.0 Å². The Bertz CT molecular complexity index is 157. The molecule has 1 atom stereocenters. The molecule has 0 N–H and O–H groups in total. The van der Waals surface area contributed by atoms with Crippen molar-refractivity contribution in [2.45, 2.75) is 37.7 Å². The lowest BCUT2D eigenvalue weighted by Crippen LogP contribution is -2.51. The molecular weight excluding hydrogens is 128 g/mol. The minimum atomic E-state index is -0.280. The minimum Gasteiger partial charge on any atom is -0.367 e. The van der Waals surface area contributed by atoms with Crippen molar-refractivity contribution in [2.24, 2.45) is 0 Å². The molecular formula is C8H12O2. The minimum absolute atomic E-state index is 0.280. The molecule has 56 valence electrons. The maximum Gasteiger partial charge on any atom is 0.164 e. The van der Waals surface area contributed by atoms with Crippen LogP contribution in [0.25, 0.3) is 0 Å². The Balaban J connectivity index is 2.06. The molecule has 10 heavy (non-hydrogen) atoms. The largest absolute Gasteiger partial charge is 0.367 e. The van der Waals surface area contributed by atoms with Crippen molar-refractivity contribution in [1.82, 2.24) is 0 Å². The van der Waals surface area contributed by atoms with E-state index in [4.69, 9.17) is 4.74 Å². The third kappa shape index (κ3) is 0.717. The molecule has 1 unspecified atom stereocenters. The summed E-state index contributed by atoms with van der Waals surface area (Å²) < 4.78 is 5.46. The van der Waals surface area contributed by atoms with Crippen molar-refractivity contribution in [3.8, 4) is 0 Å². The maximum absolute atomic E-state index is 11.1. The quantitative estimate of drug-likeness (QED) is 0.506. The summed E-state index contributed by atoms with van der Waals surface area (Å²) in [6, 6.07) is 0. The topological polar surface area (TPSA) is 26.3 Å². The van der Waals surface area contributed by atoms with Gasteiger partial charge in [-0.05, 0) is 25.7 Å². The summed E-state index contributed by atoms with van der Waals surface area (Å²) in [6.45, 7) is 0.797. The number of rotatable bonds is 0. The second-order valence-corrected chi connectivity index (χ2v) is 3.22. The molecule has 0 aromatic heterocycles. The second kappa shape index (κ2) is 2.06. The second-order valence-electron chi connectivity index (χ2n) is 3.22. The summed E-state index contributed by atoms with van der Waals surface area (Å²) in [7, 11) is 0. The highest BCUT2D eigenvalue weighted by Gasteiger charge is 2.47. The third-order valence-corrected chi connectivity index (χ3v) is 2.62. The van der Waals surface area contributed by atoms with Gasteiger partial charge in [-0.15, -0.1) is 0 Å². The van der Waals surface area contributed by atoms with Gasteiger partial charge in [-0.3, -0.25) is 4.79 Å². The molecule has 0 amide bonds. The monoisotopic (exact) mass is 140 g/mol. The molecule has 0 aromatic rings. The number of Topliss-reactive ketones (excluding diaryl/α,β-unsaturated/α-hetero) is 1. The zero-order valence-electron chi connectivity index (χ0n) is 6.06. The van der Waals surface area contributed by atoms with Crippen LogP contribution in [0.2, 0.25) is 0 Å². The third-order valence-electron chi connectivity index (χ3n) is 2.62. The summed E-state index contributed by atoms with van der Waals surface area (Å²) in [4.78, 5) is 11.1. The average molecular weight is 140 g/mol. The fourth-order valence-corrected chi connectivity index (χ4v) is 1.78. The predicted molar refractivity (Wildman–Crippen MR) is 36.8 cm³/mol. The summed E-state index contributed by atoms with van der Waals surface area (Å²) >= 11 is 0. The number of hydrogen-bond donors (Lipinski definition) is 0. The van der Waals surface area contributed by atoms with Crippen LogP contribution in [0.3, 0.4) is 0 Å². The Hall–Kier alpha value is -0.370. The van der Waals surface area contributed by atoms with Crippen LogP contribution in [-0.2, 0) is 9.53 Å². The van der Waals surface area contributed by atoms with E-state index < -0.39 is 0 Å². The van der Waals surface area contributed by atoms with Gasteiger partial charge in [-0.1, -0.05) is 0 Å². The van der Waals surface area contributed by atoms with Gasteiger partial charge in [-0.2, -0.15) is 0 Å². The predicted octanol–water partition coefficient (Wildman–Crippen LogP) is 1.29. The molecule has 2 nitrogen and oxygen atoms in total. The van der Waals surface area contributed by atoms with Crippen LogP contribution < -0.4 is 0 Å². The number of hydrogen-bond acceptors (Lipinski definition) is 2. The van der Waals surface area contributed by atoms with Crippen LogP contribution in [0, 0.1) is 0 Å². The summed E-state index contributed by atoms with van der Waals surface area (Å²) in [6.07, 6.45) is 5.01. The molecule has 0 radical (unpaired) electrons. The zero-order chi connectivity index (χ0) is 7.03. The molecule has 1 saturated heterocycles. The summed E-state index contributed by atoms with van der Waals surface area (Å²) in [5, 5.41) is 0. The molecule has 2 heteroatoms. The van der Waals surface area contributed by atoms with Gasteiger partial charge >= 0.3 is 0 Å². The fourth-order valence-electron chi connectivity index (χ4n) is 1.78. The Kier molecular flexibility index (Phi) is 1.31. The molecule has 2 aliphatic rings. The molecule has 1 aliphatic carbocycles. The molecule has 2 rings (SSSR count). The first-order valence-corrected chi connectivity index (χ1v) is 4.01. The standard InChI is InChI=1S/C8H12O2/c9-7-3-5-8(7)4-1-2-6-10-8/h1-6H2. The number of ketones is 1. The first kappa shape index (κ1) is 6.35. The average Bonchev–Trinajstić information content (AvgIpc) is 2.04. The van der Waals surface area contributed by atoms with Crippen molar-refractivity contribution < 1.29 is 9.53 Å². The van der Waals surface area contributed by atoms with Crippen LogP contribution in [0.5, 0.6) is 0 Å². The first-order chi connectivity index (χ1) is 4.83. The van der Waals surface area contributed by atoms with E-state index in [9.17, 15) is 4.79 Å². The fraction of sp³-hybridized carbons (Fsp3) is 0.875. The Morgan fingerprint density at radius 3 is 2.50 bits per heavy atom. The lowest BCUT2D eigenvalue weighted by atomic mass is 9.74. The van der Waals surface area contributed by atoms with Crippen LogP contribution in [0.15, 0.2) is 0 Å². The van der Waals surface area contributed by atoms with Crippen LogP contribution in [0.4, 0.5) is 0 Å². The Morgan fingerprint density at radius 2 is 2.20 bits per heavy atom. The Morgan fingerprint density at radius 1 is 1.30 bits per heavy atom. The SMILES string of the molecule is O=C1CCC12CCCCO2. The van der Waals surface area contributed by atoms with E-state index in [2.05, 4.69) is 0 Å². The molecule has 1 spiro atoms. The molecule has 2 fully saturated rings. The van der Waals surface area contributed by atoms with Crippen LogP contribution >= 0.6 is 0 Å². The van der Waals surface area contributed by atoms with Gasteiger partial charge in [0.25, 0.3) is 0 Å². The molecule has 1 aliphatic heterocycles. The van der Waals surface area contributed by atoms with E-state index >= 15 is 0 Å². The van der Waals surface area contributed by atoms with Crippen LogP contribution in [-0.4, -0.2) is 18.0 Å². The molecule has 0 bridgehead atoms. The van der Waals surface area contributed by atoms with Crippen LogP contribution in [0.1, 0.15) is 32.1 Å². The van der Waals surface area contributed by atoms with Crippen molar-refractivity contribution in [1.29, 1.82) is 0 Å². The lowest BCUT2D eigenvalue weighted by Gasteiger charge is -2.42. The van der Waals surface area contributed by atoms with Crippen molar-refractivity contribution in [2.75, 3.05) is 6.61 Å². The van der Waals surface area contributed by atoms with Gasteiger partial charge in [0.1, 0.15) is 5.60 Å². The van der Waals surface area contributed by atoms with Gasteiger partial charge in [0.2, 0.25) is 0 Å². The number of carbonyl (C=O) groups excluding carboxylic acids is 1. The highest BCUT2D eigenvalue weighted by atomic mass is 16.5. The number of carbonyl (C=O) groups is 1. The highest BCUT2D eigenvalue weighted by Crippen LogP contribution is 2.38. The van der Waals surface area contributed by atoms with Crippen molar-refractivity contribution in [3.63, 3.8) is 0 Å². The number of ether oxygens (including phenoxy) is 1. The van der Waals surface area contributed by atoms with E-state index in [0.717, 1.165) is 32.3 Å². The van der Waals surface area contributed by atoms with E-state index in [-0.39, 0.29) is 5.60 Å². The van der Waals surface area contributed by atoms with E-state index in [0.29, 0.717) is 5.78 Å². The van der Waals surface area contributed by atoms with Gasteiger partial charge in [0.15, 0.2) is 5.78 Å². The summed E-state index contributed by atoms with van der Waals surface area (Å²) in [5.41, 5.74) is -0.280. The van der Waals surface area contributed by atoms with Gasteiger partial charge in [-0.25, -0.2) is 0 Å². The van der Waals surface area contributed by atoms with Gasteiger partial charge in [0.05, 0.1) is 0 Å². The Labute approximate surface area is 60.6 Å². The normalized spacial score (nSPS) is 39.8. The molecule has 0 aromatic carbocycles. The van der Waals surface area contributed by atoms with E-state index in [1.165, 1.54) is 6.42 Å². The molecule has 1 heterocycles. The highest BCUT2D eigenvalue weighted by molar-refractivity contribution is 5.93. The van der Waals surface area contributed by atoms with E-state index in [1.807, 2.05) is 0 Å². The first-order valence-electron chi connectivity index (χ1n) is 4.01. The van der Waals surface area contributed by atoms with Gasteiger partial charge < -0.3 is 4.74 Å².